The highest BCUT2D eigenvalue weighted by Gasteiger charge is 2.17. The lowest BCUT2D eigenvalue weighted by atomic mass is 10.1. The number of carbonyl (C=O) groups is 1. The first-order valence-corrected chi connectivity index (χ1v) is 8.04. The van der Waals surface area contributed by atoms with Crippen LogP contribution in [0.3, 0.4) is 0 Å². The Kier molecular flexibility index (Phi) is 5.30. The van der Waals surface area contributed by atoms with E-state index in [1.165, 1.54) is 7.11 Å². The molecule has 3 rings (SSSR count). The molecule has 1 amide bonds. The summed E-state index contributed by atoms with van der Waals surface area (Å²) in [5, 5.41) is 10.9. The fraction of sp³-hybridized carbons (Fsp3) is 0.167. The third kappa shape index (κ3) is 4.36. The molecule has 1 aromatic heterocycles. The van der Waals surface area contributed by atoms with E-state index in [1.54, 1.807) is 18.2 Å². The number of halogens is 1. The Hall–Kier alpha value is -2.86. The zero-order chi connectivity index (χ0) is 17.6. The van der Waals surface area contributed by atoms with Crippen LogP contribution in [0, 0.1) is 0 Å². The van der Waals surface area contributed by atoms with Crippen molar-refractivity contribution in [1.29, 1.82) is 0 Å². The van der Waals surface area contributed by atoms with Crippen LogP contribution >= 0.6 is 11.6 Å². The van der Waals surface area contributed by atoms with Gasteiger partial charge in [0.1, 0.15) is 5.75 Å². The maximum atomic E-state index is 12.3. The molecule has 1 heterocycles. The summed E-state index contributed by atoms with van der Waals surface area (Å²) in [5.74, 6) is 0.276. The number of anilines is 1. The van der Waals surface area contributed by atoms with Gasteiger partial charge in [-0.25, -0.2) is 0 Å². The molecule has 0 spiro atoms. The third-order valence-electron chi connectivity index (χ3n) is 3.54. The second kappa shape index (κ2) is 7.81. The Labute approximate surface area is 149 Å². The van der Waals surface area contributed by atoms with Crippen LogP contribution in [0.15, 0.2) is 52.9 Å². The van der Waals surface area contributed by atoms with Gasteiger partial charge in [0.15, 0.2) is 0 Å². The second-order valence-electron chi connectivity index (χ2n) is 5.29. The topological polar surface area (TPSA) is 77.2 Å². The number of amides is 1. The number of hydrogen-bond acceptors (Lipinski definition) is 5. The average Bonchev–Trinajstić information content (AvgIpc) is 3.10. The predicted octanol–water partition coefficient (Wildman–Crippen LogP) is 3.77. The van der Waals surface area contributed by atoms with Crippen molar-refractivity contribution < 1.29 is 13.9 Å². The monoisotopic (exact) mass is 357 g/mol. The summed E-state index contributed by atoms with van der Waals surface area (Å²) >= 11 is 5.95. The van der Waals surface area contributed by atoms with E-state index >= 15 is 0 Å². The van der Waals surface area contributed by atoms with Crippen LogP contribution in [0.1, 0.15) is 22.1 Å². The Morgan fingerprint density at radius 1 is 1.16 bits per heavy atom. The van der Waals surface area contributed by atoms with E-state index in [2.05, 4.69) is 15.5 Å². The lowest BCUT2D eigenvalue weighted by molar-refractivity contribution is 0.0988. The van der Waals surface area contributed by atoms with E-state index < -0.39 is 5.91 Å². The number of benzene rings is 2. The molecule has 128 valence electrons. The lowest BCUT2D eigenvalue weighted by Crippen LogP contribution is -2.13. The van der Waals surface area contributed by atoms with Gasteiger partial charge in [-0.05, 0) is 30.2 Å². The molecule has 0 unspecified atom stereocenters. The summed E-state index contributed by atoms with van der Waals surface area (Å²) in [6.45, 7) is 0. The smallest absolute Gasteiger partial charge is 0.313 e. The molecule has 0 bridgehead atoms. The zero-order valence-electron chi connectivity index (χ0n) is 13.5. The highest BCUT2D eigenvalue weighted by Crippen LogP contribution is 2.28. The van der Waals surface area contributed by atoms with Crippen molar-refractivity contribution in [2.24, 2.45) is 0 Å². The summed E-state index contributed by atoms with van der Waals surface area (Å²) in [6.07, 6.45) is 1.32. The van der Waals surface area contributed by atoms with Crippen LogP contribution in [0.4, 0.5) is 5.69 Å². The zero-order valence-corrected chi connectivity index (χ0v) is 14.3. The number of nitrogens with zero attached hydrogens (tertiary/aromatic N) is 2. The van der Waals surface area contributed by atoms with Gasteiger partial charge in [0.05, 0.1) is 12.8 Å². The molecule has 25 heavy (non-hydrogen) atoms. The number of methoxy groups -OCH3 is 1. The fourth-order valence-electron chi connectivity index (χ4n) is 2.30. The van der Waals surface area contributed by atoms with Gasteiger partial charge in [-0.2, -0.15) is 0 Å². The first kappa shape index (κ1) is 17.0. The van der Waals surface area contributed by atoms with Gasteiger partial charge in [0.2, 0.25) is 5.89 Å². The number of nitrogens with one attached hydrogen (secondary N) is 1. The van der Waals surface area contributed by atoms with Crippen molar-refractivity contribution >= 4 is 23.2 Å². The summed E-state index contributed by atoms with van der Waals surface area (Å²) in [5.41, 5.74) is 1.60. The van der Waals surface area contributed by atoms with Gasteiger partial charge in [0.25, 0.3) is 0 Å². The van der Waals surface area contributed by atoms with Gasteiger partial charge in [0, 0.05) is 11.4 Å². The van der Waals surface area contributed by atoms with Crippen molar-refractivity contribution in [1.82, 2.24) is 10.2 Å². The molecule has 0 fully saturated rings. The molecule has 6 nitrogen and oxygen atoms in total. The molecule has 2 aromatic carbocycles. The van der Waals surface area contributed by atoms with Crippen molar-refractivity contribution in [2.75, 3.05) is 12.4 Å². The maximum absolute atomic E-state index is 12.3. The van der Waals surface area contributed by atoms with Crippen LogP contribution in [0.25, 0.3) is 0 Å². The number of ether oxygens (including phenoxy) is 1. The molecule has 0 saturated heterocycles. The maximum Gasteiger partial charge on any atom is 0.313 e. The van der Waals surface area contributed by atoms with E-state index in [4.69, 9.17) is 20.8 Å². The number of rotatable bonds is 6. The largest absolute Gasteiger partial charge is 0.495 e. The molecule has 3 aromatic rings. The van der Waals surface area contributed by atoms with E-state index in [1.807, 2.05) is 30.3 Å². The summed E-state index contributed by atoms with van der Waals surface area (Å²) in [4.78, 5) is 12.3. The molecule has 1 N–H and O–H groups in total. The highest BCUT2D eigenvalue weighted by atomic mass is 35.5. The second-order valence-corrected chi connectivity index (χ2v) is 5.72. The standard InChI is InChI=1S/C18H16ClN3O3/c1-24-15-9-8-13(19)11-14(15)20-17(23)18-22-21-16(25-18)10-7-12-5-3-2-4-6-12/h2-6,8-9,11H,7,10H2,1H3,(H,20,23). The predicted molar refractivity (Wildman–Crippen MR) is 94.1 cm³/mol. The normalized spacial score (nSPS) is 10.5. The van der Waals surface area contributed by atoms with Gasteiger partial charge in [-0.15, -0.1) is 10.2 Å². The number of aromatic nitrogens is 2. The minimum absolute atomic E-state index is 0.106. The highest BCUT2D eigenvalue weighted by molar-refractivity contribution is 6.31. The molecule has 7 heteroatoms. The van der Waals surface area contributed by atoms with Crippen molar-refractivity contribution in [2.45, 2.75) is 12.8 Å². The first-order valence-electron chi connectivity index (χ1n) is 7.67. The van der Waals surface area contributed by atoms with Crippen LogP contribution in [0.5, 0.6) is 5.75 Å². The minimum Gasteiger partial charge on any atom is -0.495 e. The summed E-state index contributed by atoms with van der Waals surface area (Å²) in [6, 6.07) is 14.9. The lowest BCUT2D eigenvalue weighted by Gasteiger charge is -2.08. The molecule has 0 aliphatic carbocycles. The number of hydrogen-bond donors (Lipinski definition) is 1. The molecular formula is C18H16ClN3O3. The minimum atomic E-state index is -0.515. The third-order valence-corrected chi connectivity index (χ3v) is 3.78. The summed E-state index contributed by atoms with van der Waals surface area (Å²) in [7, 11) is 1.51. The van der Waals surface area contributed by atoms with E-state index in [0.29, 0.717) is 28.8 Å². The van der Waals surface area contributed by atoms with Gasteiger partial charge in [-0.1, -0.05) is 41.9 Å². The average molecular weight is 358 g/mol. The summed E-state index contributed by atoms with van der Waals surface area (Å²) < 4.78 is 10.6. The molecule has 0 aliphatic heterocycles. The van der Waals surface area contributed by atoms with Gasteiger partial charge < -0.3 is 14.5 Å². The van der Waals surface area contributed by atoms with Gasteiger partial charge >= 0.3 is 11.8 Å². The molecule has 0 saturated carbocycles. The Morgan fingerprint density at radius 2 is 1.96 bits per heavy atom. The quantitative estimate of drug-likeness (QED) is 0.726. The molecule has 0 radical (unpaired) electrons. The van der Waals surface area contributed by atoms with Crippen LogP contribution in [0.2, 0.25) is 5.02 Å². The van der Waals surface area contributed by atoms with Crippen molar-refractivity contribution in [3.8, 4) is 5.75 Å². The Bertz CT molecular complexity index is 865. The van der Waals surface area contributed by atoms with Crippen molar-refractivity contribution in [3.05, 3.63) is 70.9 Å². The van der Waals surface area contributed by atoms with Crippen LogP contribution in [-0.4, -0.2) is 23.2 Å². The van der Waals surface area contributed by atoms with Crippen molar-refractivity contribution in [3.63, 3.8) is 0 Å². The fourth-order valence-corrected chi connectivity index (χ4v) is 2.47. The number of aryl methyl sites for hydroxylation is 2. The van der Waals surface area contributed by atoms with Crippen LogP contribution < -0.4 is 10.1 Å². The van der Waals surface area contributed by atoms with E-state index in [0.717, 1.165) is 12.0 Å². The Morgan fingerprint density at radius 3 is 2.72 bits per heavy atom. The van der Waals surface area contributed by atoms with Crippen LogP contribution in [-0.2, 0) is 12.8 Å². The molecule has 0 atom stereocenters. The van der Waals surface area contributed by atoms with Gasteiger partial charge in [-0.3, -0.25) is 4.79 Å². The van der Waals surface area contributed by atoms with E-state index in [9.17, 15) is 4.79 Å². The number of carbonyl (C=O) groups excluding carboxylic acids is 1. The first-order chi connectivity index (χ1) is 12.2. The Balaban J connectivity index is 1.65. The van der Waals surface area contributed by atoms with E-state index in [-0.39, 0.29) is 5.89 Å². The molecule has 0 aliphatic rings. The molecular weight excluding hydrogens is 342 g/mol. The SMILES string of the molecule is COc1ccc(Cl)cc1NC(=O)c1nnc(CCc2ccccc2)o1.